The van der Waals surface area contributed by atoms with E-state index in [0.29, 0.717) is 10.7 Å². The maximum absolute atomic E-state index is 12.6. The van der Waals surface area contributed by atoms with E-state index in [-0.39, 0.29) is 11.3 Å². The van der Waals surface area contributed by atoms with Crippen LogP contribution in [-0.2, 0) is 4.79 Å². The average molecular weight is 378 g/mol. The van der Waals surface area contributed by atoms with Crippen LogP contribution >= 0.6 is 15.9 Å². The van der Waals surface area contributed by atoms with Gasteiger partial charge in [0.15, 0.2) is 0 Å². The molecule has 1 aromatic rings. The summed E-state index contributed by atoms with van der Waals surface area (Å²) in [5, 5.41) is 3.07. The van der Waals surface area contributed by atoms with E-state index in [1.54, 1.807) is 7.11 Å². The van der Waals surface area contributed by atoms with Crippen LogP contribution in [0.2, 0.25) is 0 Å². The lowest BCUT2D eigenvalue weighted by molar-refractivity contribution is -0.123. The number of carbonyl (C=O) groups excluding carboxylic acids is 1. The van der Waals surface area contributed by atoms with Crippen LogP contribution in [0, 0.1) is 17.3 Å². The number of carbonyl (C=O) groups is 1. The molecule has 4 saturated carbocycles. The fourth-order valence-corrected chi connectivity index (χ4v) is 7.30. The van der Waals surface area contributed by atoms with Crippen LogP contribution in [-0.4, -0.2) is 17.3 Å². The predicted molar refractivity (Wildman–Crippen MR) is 95.0 cm³/mol. The van der Waals surface area contributed by atoms with E-state index in [9.17, 15) is 4.79 Å². The summed E-state index contributed by atoms with van der Waals surface area (Å²) in [7, 11) is 1.64. The highest BCUT2D eigenvalue weighted by Gasteiger charge is 2.57. The van der Waals surface area contributed by atoms with Crippen molar-refractivity contribution >= 4 is 27.5 Å². The van der Waals surface area contributed by atoms with E-state index in [1.807, 2.05) is 24.3 Å². The maximum atomic E-state index is 12.6. The second-order valence-corrected chi connectivity index (χ2v) is 9.75. The number of hydrogen-bond donors (Lipinski definition) is 1. The molecule has 1 amide bonds. The Morgan fingerprint density at radius 1 is 1.30 bits per heavy atom. The Hall–Kier alpha value is -1.03. The van der Waals surface area contributed by atoms with Gasteiger partial charge in [-0.3, -0.25) is 4.79 Å². The molecule has 1 aromatic carbocycles. The zero-order valence-corrected chi connectivity index (χ0v) is 15.2. The zero-order valence-electron chi connectivity index (χ0n) is 13.6. The van der Waals surface area contributed by atoms with Crippen molar-refractivity contribution in [3.63, 3.8) is 0 Å². The zero-order chi connectivity index (χ0) is 16.1. The molecule has 4 heteroatoms. The van der Waals surface area contributed by atoms with Crippen molar-refractivity contribution in [1.82, 2.24) is 0 Å². The van der Waals surface area contributed by atoms with Gasteiger partial charge in [0, 0.05) is 22.5 Å². The topological polar surface area (TPSA) is 38.3 Å². The van der Waals surface area contributed by atoms with Crippen LogP contribution < -0.4 is 10.1 Å². The summed E-state index contributed by atoms with van der Waals surface area (Å²) in [5.74, 6) is 2.56. The van der Waals surface area contributed by atoms with Gasteiger partial charge in [0.2, 0.25) is 5.91 Å². The molecule has 4 fully saturated rings. The number of anilines is 1. The van der Waals surface area contributed by atoms with Crippen LogP contribution in [0.5, 0.6) is 5.75 Å². The third-order valence-corrected chi connectivity index (χ3v) is 6.93. The first-order valence-corrected chi connectivity index (χ1v) is 9.40. The number of ether oxygens (including phenoxy) is 1. The van der Waals surface area contributed by atoms with Gasteiger partial charge in [-0.15, -0.1) is 0 Å². The highest BCUT2D eigenvalue weighted by Crippen LogP contribution is 2.65. The van der Waals surface area contributed by atoms with Crippen LogP contribution in [0.4, 0.5) is 5.69 Å². The molecule has 0 spiro atoms. The van der Waals surface area contributed by atoms with Gasteiger partial charge in [0.05, 0.1) is 7.11 Å². The van der Waals surface area contributed by atoms with Crippen molar-refractivity contribution in [3.05, 3.63) is 24.3 Å². The molecule has 3 nitrogen and oxygen atoms in total. The Bertz CT molecular complexity index is 616. The summed E-state index contributed by atoms with van der Waals surface area (Å²) >= 11 is 4.02. The Labute approximate surface area is 146 Å². The lowest BCUT2D eigenvalue weighted by Gasteiger charge is -2.60. The van der Waals surface area contributed by atoms with Crippen molar-refractivity contribution in [2.45, 2.75) is 49.3 Å². The molecule has 5 rings (SSSR count). The third kappa shape index (κ3) is 3.02. The molecule has 4 aliphatic carbocycles. The number of hydrogen-bond acceptors (Lipinski definition) is 2. The number of nitrogens with one attached hydrogen (secondary N) is 1. The number of alkyl halides is 1. The third-order valence-electron chi connectivity index (χ3n) is 6.00. The Balaban J connectivity index is 1.46. The second-order valence-electron chi connectivity index (χ2n) is 8.07. The standard InChI is InChI=1S/C19H24BrNO2/c1-23-16-4-2-3-15(6-16)21-17(22)11-18-7-13-5-14(8-18)10-19(20,9-13)12-18/h2-4,6,13-14H,5,7-12H2,1H3,(H,21,22)/t13-,14+,18?,19?. The minimum absolute atomic E-state index is 0.149. The molecule has 4 bridgehead atoms. The molecule has 124 valence electrons. The van der Waals surface area contributed by atoms with Crippen molar-refractivity contribution < 1.29 is 9.53 Å². The molecule has 0 heterocycles. The normalized spacial score (nSPS) is 37.7. The largest absolute Gasteiger partial charge is 0.497 e. The molecule has 4 atom stereocenters. The highest BCUT2D eigenvalue weighted by atomic mass is 79.9. The molecule has 0 radical (unpaired) electrons. The molecule has 0 aliphatic heterocycles. The van der Waals surface area contributed by atoms with Crippen LogP contribution in [0.1, 0.15) is 44.9 Å². The maximum Gasteiger partial charge on any atom is 0.224 e. The molecule has 0 aromatic heterocycles. The van der Waals surface area contributed by atoms with Gasteiger partial charge >= 0.3 is 0 Å². The minimum Gasteiger partial charge on any atom is -0.497 e. The molecule has 23 heavy (non-hydrogen) atoms. The van der Waals surface area contributed by atoms with Gasteiger partial charge in [-0.1, -0.05) is 22.0 Å². The quantitative estimate of drug-likeness (QED) is 0.768. The molecule has 0 saturated heterocycles. The summed E-state index contributed by atoms with van der Waals surface area (Å²) < 4.78 is 5.54. The van der Waals surface area contributed by atoms with Crippen molar-refractivity contribution in [3.8, 4) is 5.75 Å². The van der Waals surface area contributed by atoms with Crippen LogP contribution in [0.25, 0.3) is 0 Å². The van der Waals surface area contributed by atoms with Crippen molar-refractivity contribution in [1.29, 1.82) is 0 Å². The van der Waals surface area contributed by atoms with Crippen molar-refractivity contribution in [2.75, 3.05) is 12.4 Å². The second kappa shape index (κ2) is 5.51. The molecular formula is C19H24BrNO2. The average Bonchev–Trinajstić information content (AvgIpc) is 2.43. The molecule has 1 N–H and O–H groups in total. The fraction of sp³-hybridized carbons (Fsp3) is 0.632. The Kier molecular flexibility index (Phi) is 3.71. The molecule has 4 aliphatic rings. The van der Waals surface area contributed by atoms with E-state index in [0.717, 1.165) is 23.3 Å². The summed E-state index contributed by atoms with van der Waals surface area (Å²) in [6.45, 7) is 0. The Morgan fingerprint density at radius 2 is 2.04 bits per heavy atom. The van der Waals surface area contributed by atoms with Crippen molar-refractivity contribution in [2.24, 2.45) is 17.3 Å². The summed E-state index contributed by atoms with van der Waals surface area (Å²) in [6.07, 6.45) is 8.30. The van der Waals surface area contributed by atoms with E-state index in [1.165, 1.54) is 38.5 Å². The first kappa shape index (κ1) is 15.5. The highest BCUT2D eigenvalue weighted by molar-refractivity contribution is 9.10. The predicted octanol–water partition coefficient (Wildman–Crippen LogP) is 4.76. The number of methoxy groups -OCH3 is 1. The van der Waals surface area contributed by atoms with Gasteiger partial charge in [-0.05, 0) is 67.9 Å². The summed E-state index contributed by atoms with van der Waals surface area (Å²) in [6, 6.07) is 7.60. The van der Waals surface area contributed by atoms with Crippen LogP contribution in [0.15, 0.2) is 24.3 Å². The number of amides is 1. The van der Waals surface area contributed by atoms with E-state index in [4.69, 9.17) is 4.74 Å². The van der Waals surface area contributed by atoms with Gasteiger partial charge in [-0.2, -0.15) is 0 Å². The lowest BCUT2D eigenvalue weighted by atomic mass is 9.48. The summed E-state index contributed by atoms with van der Waals surface area (Å²) in [4.78, 5) is 12.6. The van der Waals surface area contributed by atoms with Gasteiger partial charge in [0.1, 0.15) is 5.75 Å². The van der Waals surface area contributed by atoms with Crippen LogP contribution in [0.3, 0.4) is 0 Å². The fourth-order valence-electron chi connectivity index (χ4n) is 5.79. The van der Waals surface area contributed by atoms with E-state index >= 15 is 0 Å². The van der Waals surface area contributed by atoms with Gasteiger partial charge in [-0.25, -0.2) is 0 Å². The monoisotopic (exact) mass is 377 g/mol. The SMILES string of the molecule is COc1cccc(NC(=O)CC23C[C@@H]4C[C@@H](CC(Br)(C4)C2)C3)c1. The summed E-state index contributed by atoms with van der Waals surface area (Å²) in [5.41, 5.74) is 1.05. The first-order valence-electron chi connectivity index (χ1n) is 8.60. The van der Waals surface area contributed by atoms with E-state index in [2.05, 4.69) is 21.2 Å². The van der Waals surface area contributed by atoms with Gasteiger partial charge < -0.3 is 10.1 Å². The molecule has 2 unspecified atom stereocenters. The number of halogens is 1. The Morgan fingerprint density at radius 3 is 2.70 bits per heavy atom. The lowest BCUT2D eigenvalue weighted by Crippen LogP contribution is -2.53. The number of rotatable bonds is 4. The smallest absolute Gasteiger partial charge is 0.224 e. The molecular weight excluding hydrogens is 354 g/mol. The van der Waals surface area contributed by atoms with E-state index < -0.39 is 0 Å². The van der Waals surface area contributed by atoms with Gasteiger partial charge in [0.25, 0.3) is 0 Å². The number of benzene rings is 1. The minimum atomic E-state index is 0.149. The first-order chi connectivity index (χ1) is 11.0.